The number of carboxylic acids is 2. The van der Waals surface area contributed by atoms with Gasteiger partial charge in [-0.25, -0.2) is 19.6 Å². The molecule has 0 unspecified atom stereocenters. The van der Waals surface area contributed by atoms with Gasteiger partial charge in [0.15, 0.2) is 0 Å². The van der Waals surface area contributed by atoms with Crippen LogP contribution in [0.3, 0.4) is 0 Å². The molecule has 2 aromatic heterocycles. The number of pyridine rings is 2. The van der Waals surface area contributed by atoms with E-state index >= 15 is 0 Å². The summed E-state index contributed by atoms with van der Waals surface area (Å²) in [6, 6.07) is 5.94. The number of hydrogen-bond donors (Lipinski definition) is 2. The normalized spacial score (nSPS) is 9.71. The van der Waals surface area contributed by atoms with E-state index in [4.69, 9.17) is 10.2 Å². The van der Waals surface area contributed by atoms with Crippen LogP contribution in [-0.2, 0) is 0 Å². The summed E-state index contributed by atoms with van der Waals surface area (Å²) in [6.07, 6.45) is 2.96. The molecule has 0 aliphatic rings. The first-order valence-corrected chi connectivity index (χ1v) is 7.45. The number of aromatic carboxylic acids is 2. The molecule has 0 aliphatic carbocycles. The summed E-state index contributed by atoms with van der Waals surface area (Å²) in [5, 5.41) is 18.7. The zero-order valence-corrected chi connectivity index (χ0v) is 11.5. The fourth-order valence-corrected chi connectivity index (χ4v) is 3.45. The summed E-state index contributed by atoms with van der Waals surface area (Å²) < 4.78 is 0. The van der Waals surface area contributed by atoms with Crippen LogP contribution in [0.1, 0.15) is 20.7 Å². The van der Waals surface area contributed by atoms with Crippen molar-refractivity contribution < 1.29 is 19.8 Å². The fourth-order valence-electron chi connectivity index (χ4n) is 1.32. The molecule has 2 rings (SSSR count). The summed E-state index contributed by atoms with van der Waals surface area (Å²) >= 11 is 0. The third-order valence-corrected chi connectivity index (χ3v) is 4.45. The average molecular weight is 332 g/mol. The number of hydrogen-bond acceptors (Lipinski definition) is 6. The first kappa shape index (κ1) is 18.0. The minimum absolute atomic E-state index is 0. The average Bonchev–Trinajstić information content (AvgIpc) is 2.45. The maximum atomic E-state index is 11.0. The van der Waals surface area contributed by atoms with Gasteiger partial charge in [-0.05, 0) is 45.9 Å². The SMILES string of the molecule is O=C(O)c1cccnc1SSc1ncccc1C(=O)O.[NaH]. The van der Waals surface area contributed by atoms with Gasteiger partial charge in [-0.3, -0.25) is 0 Å². The van der Waals surface area contributed by atoms with Gasteiger partial charge in [0.1, 0.15) is 10.1 Å². The number of nitrogens with zero attached hydrogens (tertiary/aromatic N) is 2. The molecule has 0 aliphatic heterocycles. The molecule has 2 aromatic rings. The Kier molecular flexibility index (Phi) is 7.20. The molecule has 9 heteroatoms. The summed E-state index contributed by atoms with van der Waals surface area (Å²) in [4.78, 5) is 30.0. The van der Waals surface area contributed by atoms with Gasteiger partial charge in [-0.15, -0.1) is 0 Å². The molecule has 0 bridgehead atoms. The van der Waals surface area contributed by atoms with Crippen molar-refractivity contribution in [2.45, 2.75) is 10.1 Å². The number of rotatable bonds is 5. The van der Waals surface area contributed by atoms with Gasteiger partial charge in [0.25, 0.3) is 0 Å². The molecule has 0 aromatic carbocycles. The van der Waals surface area contributed by atoms with Crippen molar-refractivity contribution in [2.75, 3.05) is 0 Å². The monoisotopic (exact) mass is 332 g/mol. The summed E-state index contributed by atoms with van der Waals surface area (Å²) in [5.41, 5.74) is 0.135. The molecule has 0 amide bonds. The molecule has 0 spiro atoms. The van der Waals surface area contributed by atoms with E-state index < -0.39 is 11.9 Å². The summed E-state index contributed by atoms with van der Waals surface area (Å²) in [6.45, 7) is 0. The fraction of sp³-hybridized carbons (Fsp3) is 0. The van der Waals surface area contributed by atoms with E-state index in [1.165, 1.54) is 36.7 Å². The van der Waals surface area contributed by atoms with Crippen LogP contribution in [0, 0.1) is 0 Å². The quantitative estimate of drug-likeness (QED) is 0.633. The molecule has 0 radical (unpaired) electrons. The van der Waals surface area contributed by atoms with Gasteiger partial charge >= 0.3 is 41.5 Å². The van der Waals surface area contributed by atoms with Crippen molar-refractivity contribution in [3.05, 3.63) is 47.8 Å². The van der Waals surface area contributed by atoms with Gasteiger partial charge in [-0.1, -0.05) is 0 Å². The Morgan fingerprint density at radius 3 is 1.57 bits per heavy atom. The molecule has 6 nitrogen and oxygen atoms in total. The van der Waals surface area contributed by atoms with Crippen LogP contribution >= 0.6 is 21.6 Å². The van der Waals surface area contributed by atoms with E-state index in [1.807, 2.05) is 0 Å². The van der Waals surface area contributed by atoms with Gasteiger partial charge in [0.05, 0.1) is 11.1 Å². The second kappa shape index (κ2) is 8.40. The standard InChI is InChI=1S/C12H8N2O4S2.Na.H/c15-11(16)7-3-1-5-13-9(7)19-20-10-8(12(17)18)4-2-6-14-10;;/h1-6H,(H,15,16)(H,17,18);;. The molecule has 2 N–H and O–H groups in total. The third-order valence-electron chi connectivity index (χ3n) is 2.20. The molecular weight excluding hydrogens is 323 g/mol. The van der Waals surface area contributed by atoms with Crippen molar-refractivity contribution in [1.82, 2.24) is 9.97 Å². The topological polar surface area (TPSA) is 100 Å². The van der Waals surface area contributed by atoms with E-state index in [0.29, 0.717) is 10.1 Å². The zero-order chi connectivity index (χ0) is 14.5. The van der Waals surface area contributed by atoms with E-state index in [2.05, 4.69) is 9.97 Å². The van der Waals surface area contributed by atoms with E-state index in [9.17, 15) is 9.59 Å². The van der Waals surface area contributed by atoms with Crippen LogP contribution in [-0.4, -0.2) is 61.7 Å². The molecule has 2 heterocycles. The van der Waals surface area contributed by atoms with Crippen molar-refractivity contribution in [1.29, 1.82) is 0 Å². The number of carbonyl (C=O) groups is 2. The second-order valence-corrected chi connectivity index (χ2v) is 5.60. The minimum atomic E-state index is -1.08. The number of carboxylic acid groups (broad SMARTS) is 2. The Morgan fingerprint density at radius 2 is 1.24 bits per heavy atom. The Labute approximate surface area is 150 Å². The van der Waals surface area contributed by atoms with E-state index in [1.54, 1.807) is 0 Å². The Balaban J connectivity index is 0.00000220. The van der Waals surface area contributed by atoms with Crippen molar-refractivity contribution >= 4 is 63.1 Å². The van der Waals surface area contributed by atoms with Crippen molar-refractivity contribution in [3.8, 4) is 0 Å². The van der Waals surface area contributed by atoms with E-state index in [0.717, 1.165) is 21.6 Å². The molecule has 0 saturated carbocycles. The van der Waals surface area contributed by atoms with Crippen LogP contribution in [0.4, 0.5) is 0 Å². The maximum absolute atomic E-state index is 11.0. The van der Waals surface area contributed by atoms with Crippen LogP contribution in [0.5, 0.6) is 0 Å². The van der Waals surface area contributed by atoms with Crippen molar-refractivity contribution in [2.24, 2.45) is 0 Å². The van der Waals surface area contributed by atoms with Gasteiger partial charge in [0.2, 0.25) is 0 Å². The predicted molar refractivity (Wildman–Crippen MR) is 81.3 cm³/mol. The Morgan fingerprint density at radius 1 is 0.857 bits per heavy atom. The van der Waals surface area contributed by atoms with Gasteiger partial charge in [0, 0.05) is 12.4 Å². The Bertz CT molecular complexity index is 612. The first-order chi connectivity index (χ1) is 9.59. The summed E-state index contributed by atoms with van der Waals surface area (Å²) in [7, 11) is 2.12. The Hall–Kier alpha value is -1.06. The molecule has 0 saturated heterocycles. The predicted octanol–water partition coefficient (Wildman–Crippen LogP) is 2.02. The van der Waals surface area contributed by atoms with Crippen LogP contribution in [0.15, 0.2) is 46.7 Å². The first-order valence-electron chi connectivity index (χ1n) is 5.30. The van der Waals surface area contributed by atoms with Gasteiger partial charge in [-0.2, -0.15) is 0 Å². The molecule has 0 fully saturated rings. The third kappa shape index (κ3) is 4.72. The zero-order valence-electron chi connectivity index (χ0n) is 9.89. The van der Waals surface area contributed by atoms with Crippen LogP contribution < -0.4 is 0 Å². The molecule has 104 valence electrons. The van der Waals surface area contributed by atoms with Crippen LogP contribution in [0.2, 0.25) is 0 Å². The molecular formula is C12H9N2NaO4S2. The van der Waals surface area contributed by atoms with Crippen LogP contribution in [0.25, 0.3) is 0 Å². The second-order valence-electron chi connectivity index (χ2n) is 3.49. The van der Waals surface area contributed by atoms with E-state index in [-0.39, 0.29) is 40.7 Å². The van der Waals surface area contributed by atoms with Gasteiger partial charge < -0.3 is 10.2 Å². The van der Waals surface area contributed by atoms with Crippen molar-refractivity contribution in [3.63, 3.8) is 0 Å². The molecule has 0 atom stereocenters. The number of aromatic nitrogens is 2. The summed E-state index contributed by atoms with van der Waals surface area (Å²) in [5.74, 6) is -2.17. The molecule has 21 heavy (non-hydrogen) atoms.